The van der Waals surface area contributed by atoms with E-state index < -0.39 is 23.3 Å². The number of alkyl halides is 3. The summed E-state index contributed by atoms with van der Waals surface area (Å²) in [5.41, 5.74) is -1.58. The van der Waals surface area contributed by atoms with Crippen LogP contribution in [0.1, 0.15) is 5.56 Å². The van der Waals surface area contributed by atoms with Crippen molar-refractivity contribution in [2.24, 2.45) is 0 Å². The maximum atomic E-state index is 13.3. The molecular formula is C9H6F4N2O. The Balaban J connectivity index is 2.88. The van der Waals surface area contributed by atoms with Crippen molar-refractivity contribution in [2.75, 3.05) is 7.11 Å². The quantitative estimate of drug-likeness (QED) is 0.770. The summed E-state index contributed by atoms with van der Waals surface area (Å²) in [7, 11) is 0.978. The van der Waals surface area contributed by atoms with E-state index in [2.05, 4.69) is 14.7 Å². The molecule has 1 N–H and O–H groups in total. The highest BCUT2D eigenvalue weighted by atomic mass is 19.4. The minimum atomic E-state index is -4.72. The lowest BCUT2D eigenvalue weighted by Gasteiger charge is -2.12. The minimum absolute atomic E-state index is 0.0226. The van der Waals surface area contributed by atoms with Gasteiger partial charge in [0.2, 0.25) is 0 Å². The summed E-state index contributed by atoms with van der Waals surface area (Å²) in [5, 5.41) is 0. The zero-order valence-electron chi connectivity index (χ0n) is 8.02. The molecule has 1 aromatic carbocycles. The topological polar surface area (TPSA) is 37.9 Å². The highest BCUT2D eigenvalue weighted by Gasteiger charge is 2.39. The molecule has 0 bridgehead atoms. The summed E-state index contributed by atoms with van der Waals surface area (Å²) >= 11 is 0. The number of methoxy groups -OCH3 is 1. The third-order valence-electron chi connectivity index (χ3n) is 2.11. The van der Waals surface area contributed by atoms with Gasteiger partial charge in [0.1, 0.15) is 11.1 Å². The molecule has 0 saturated carbocycles. The largest absolute Gasteiger partial charge is 0.493 e. The number of hydrogen-bond donors (Lipinski definition) is 1. The standard InChI is InChI=1S/C9H6F4N2O/c1-16-8-4(10)2-5-7(15-3-14-5)6(8)9(11,12)13/h2-3H,1H3,(H,14,15). The molecule has 0 unspecified atom stereocenters. The molecular weight excluding hydrogens is 228 g/mol. The van der Waals surface area contributed by atoms with Crippen molar-refractivity contribution < 1.29 is 22.3 Å². The van der Waals surface area contributed by atoms with Crippen LogP contribution in [0.4, 0.5) is 17.6 Å². The first kappa shape index (κ1) is 10.7. The maximum Gasteiger partial charge on any atom is 0.422 e. The van der Waals surface area contributed by atoms with Gasteiger partial charge in [-0.2, -0.15) is 13.2 Å². The van der Waals surface area contributed by atoms with E-state index in [-0.39, 0.29) is 11.0 Å². The first-order valence-electron chi connectivity index (χ1n) is 4.22. The Morgan fingerprint density at radius 2 is 2.06 bits per heavy atom. The number of benzene rings is 1. The molecule has 1 aromatic heterocycles. The van der Waals surface area contributed by atoms with Crippen LogP contribution in [0.3, 0.4) is 0 Å². The van der Waals surface area contributed by atoms with Crippen LogP contribution >= 0.6 is 0 Å². The molecule has 1 heterocycles. The van der Waals surface area contributed by atoms with Gasteiger partial charge in [0.25, 0.3) is 0 Å². The molecule has 0 amide bonds. The van der Waals surface area contributed by atoms with E-state index in [1.807, 2.05) is 0 Å². The lowest BCUT2D eigenvalue weighted by molar-refractivity contribution is -0.137. The van der Waals surface area contributed by atoms with Gasteiger partial charge in [-0.05, 0) is 0 Å². The Morgan fingerprint density at radius 1 is 1.38 bits per heavy atom. The number of imidazole rings is 1. The molecule has 86 valence electrons. The van der Waals surface area contributed by atoms with E-state index >= 15 is 0 Å². The van der Waals surface area contributed by atoms with Crippen LogP contribution in [0, 0.1) is 5.82 Å². The van der Waals surface area contributed by atoms with Crippen molar-refractivity contribution >= 4 is 11.0 Å². The van der Waals surface area contributed by atoms with E-state index in [1.54, 1.807) is 0 Å². The maximum absolute atomic E-state index is 13.3. The highest BCUT2D eigenvalue weighted by molar-refractivity contribution is 5.81. The van der Waals surface area contributed by atoms with E-state index in [0.29, 0.717) is 0 Å². The smallest absolute Gasteiger partial charge is 0.422 e. The molecule has 0 aliphatic carbocycles. The lowest BCUT2D eigenvalue weighted by Crippen LogP contribution is -2.10. The average Bonchev–Trinajstić information content (AvgIpc) is 2.60. The Bertz CT molecular complexity index is 532. The summed E-state index contributed by atoms with van der Waals surface area (Å²) in [6.45, 7) is 0. The third kappa shape index (κ3) is 1.48. The fourth-order valence-electron chi connectivity index (χ4n) is 1.50. The molecule has 16 heavy (non-hydrogen) atoms. The summed E-state index contributed by atoms with van der Waals surface area (Å²) < 4.78 is 55.9. The number of nitrogens with zero attached hydrogens (tertiary/aromatic N) is 1. The summed E-state index contributed by atoms with van der Waals surface area (Å²) in [6.07, 6.45) is -3.65. The summed E-state index contributed by atoms with van der Waals surface area (Å²) in [6, 6.07) is 0.913. The Labute approximate surface area is 87.0 Å². The normalized spacial score (nSPS) is 12.1. The fraction of sp³-hybridized carbons (Fsp3) is 0.222. The molecule has 0 spiro atoms. The second-order valence-corrected chi connectivity index (χ2v) is 3.06. The van der Waals surface area contributed by atoms with E-state index in [9.17, 15) is 17.6 Å². The number of rotatable bonds is 1. The Hall–Kier alpha value is -1.79. The average molecular weight is 234 g/mol. The number of aromatic amines is 1. The molecule has 0 radical (unpaired) electrons. The van der Waals surface area contributed by atoms with E-state index in [4.69, 9.17) is 0 Å². The molecule has 7 heteroatoms. The first-order valence-corrected chi connectivity index (χ1v) is 4.22. The molecule has 2 rings (SSSR count). The number of ether oxygens (including phenoxy) is 1. The molecule has 0 aliphatic rings. The monoisotopic (exact) mass is 234 g/mol. The Kier molecular flexibility index (Phi) is 2.25. The van der Waals surface area contributed by atoms with Gasteiger partial charge in [-0.15, -0.1) is 0 Å². The Morgan fingerprint density at radius 3 is 2.62 bits per heavy atom. The third-order valence-corrected chi connectivity index (χ3v) is 2.11. The van der Waals surface area contributed by atoms with E-state index in [1.165, 1.54) is 0 Å². The van der Waals surface area contributed by atoms with Gasteiger partial charge in [0.05, 0.1) is 19.0 Å². The van der Waals surface area contributed by atoms with Crippen LogP contribution in [-0.4, -0.2) is 17.1 Å². The summed E-state index contributed by atoms with van der Waals surface area (Å²) in [4.78, 5) is 5.93. The number of H-pyrrole nitrogens is 1. The predicted molar refractivity (Wildman–Crippen MR) is 47.6 cm³/mol. The number of aromatic nitrogens is 2. The second-order valence-electron chi connectivity index (χ2n) is 3.06. The van der Waals surface area contributed by atoms with E-state index in [0.717, 1.165) is 19.5 Å². The van der Waals surface area contributed by atoms with Gasteiger partial charge in [0.15, 0.2) is 11.6 Å². The summed E-state index contributed by atoms with van der Waals surface area (Å²) in [5.74, 6) is -1.92. The predicted octanol–water partition coefficient (Wildman–Crippen LogP) is 2.73. The molecule has 0 aliphatic heterocycles. The van der Waals surface area contributed by atoms with Gasteiger partial charge < -0.3 is 9.72 Å². The van der Waals surface area contributed by atoms with Crippen LogP contribution in [-0.2, 0) is 6.18 Å². The minimum Gasteiger partial charge on any atom is -0.493 e. The molecule has 2 aromatic rings. The van der Waals surface area contributed by atoms with Crippen LogP contribution < -0.4 is 4.74 Å². The zero-order valence-corrected chi connectivity index (χ0v) is 8.02. The highest BCUT2D eigenvalue weighted by Crippen LogP contribution is 2.41. The van der Waals surface area contributed by atoms with Crippen LogP contribution in [0.15, 0.2) is 12.4 Å². The lowest BCUT2D eigenvalue weighted by atomic mass is 10.1. The second kappa shape index (κ2) is 3.36. The fourth-order valence-corrected chi connectivity index (χ4v) is 1.50. The van der Waals surface area contributed by atoms with Crippen LogP contribution in [0.25, 0.3) is 11.0 Å². The molecule has 0 atom stereocenters. The van der Waals surface area contributed by atoms with Gasteiger partial charge >= 0.3 is 6.18 Å². The van der Waals surface area contributed by atoms with Crippen molar-refractivity contribution in [3.05, 3.63) is 23.8 Å². The first-order chi connectivity index (χ1) is 7.45. The van der Waals surface area contributed by atoms with Crippen LogP contribution in [0.5, 0.6) is 5.75 Å². The van der Waals surface area contributed by atoms with Crippen molar-refractivity contribution in [1.82, 2.24) is 9.97 Å². The van der Waals surface area contributed by atoms with Crippen molar-refractivity contribution in [3.8, 4) is 5.75 Å². The number of halogens is 4. The number of fused-ring (bicyclic) bond motifs is 1. The SMILES string of the molecule is COc1c(F)cc2[nH]cnc2c1C(F)(F)F. The zero-order chi connectivity index (χ0) is 11.9. The van der Waals surface area contributed by atoms with Gasteiger partial charge in [0, 0.05) is 6.07 Å². The molecule has 0 saturated heterocycles. The van der Waals surface area contributed by atoms with Crippen molar-refractivity contribution in [2.45, 2.75) is 6.18 Å². The van der Waals surface area contributed by atoms with Crippen LogP contribution in [0.2, 0.25) is 0 Å². The van der Waals surface area contributed by atoms with Gasteiger partial charge in [-0.25, -0.2) is 9.37 Å². The number of nitrogens with one attached hydrogen (secondary N) is 1. The van der Waals surface area contributed by atoms with Gasteiger partial charge in [-0.1, -0.05) is 0 Å². The van der Waals surface area contributed by atoms with Crippen molar-refractivity contribution in [1.29, 1.82) is 0 Å². The molecule has 0 fully saturated rings. The number of hydrogen-bond acceptors (Lipinski definition) is 2. The van der Waals surface area contributed by atoms with Crippen molar-refractivity contribution in [3.63, 3.8) is 0 Å². The van der Waals surface area contributed by atoms with Gasteiger partial charge in [-0.3, -0.25) is 0 Å². The molecule has 3 nitrogen and oxygen atoms in total.